The van der Waals surface area contributed by atoms with Crippen LogP contribution in [0.5, 0.6) is 0 Å². The highest BCUT2D eigenvalue weighted by Gasteiger charge is 2.48. The van der Waals surface area contributed by atoms with Crippen molar-refractivity contribution in [2.45, 2.75) is 37.6 Å². The zero-order valence-corrected chi connectivity index (χ0v) is 19.9. The Labute approximate surface area is 201 Å². The van der Waals surface area contributed by atoms with Gasteiger partial charge >= 0.3 is 0 Å². The zero-order valence-electron chi connectivity index (χ0n) is 19.2. The van der Waals surface area contributed by atoms with Crippen LogP contribution < -0.4 is 16.8 Å². The number of amides is 1. The van der Waals surface area contributed by atoms with E-state index in [1.54, 1.807) is 26.4 Å². The number of pyridine rings is 1. The van der Waals surface area contributed by atoms with Crippen molar-refractivity contribution in [1.82, 2.24) is 24.6 Å². The second-order valence-corrected chi connectivity index (χ2v) is 9.67. The van der Waals surface area contributed by atoms with E-state index in [0.29, 0.717) is 22.9 Å². The van der Waals surface area contributed by atoms with Gasteiger partial charge in [-0.2, -0.15) is 4.98 Å². The number of carbonyl (C=O) groups excluding carboxylic acids is 1. The van der Waals surface area contributed by atoms with Crippen molar-refractivity contribution < 1.29 is 9.18 Å². The molecule has 1 spiro atoms. The lowest BCUT2D eigenvalue weighted by molar-refractivity contribution is 0.0824. The van der Waals surface area contributed by atoms with Gasteiger partial charge in [-0.05, 0) is 38.3 Å². The number of nitrogens with zero attached hydrogens (tertiary/aromatic N) is 5. The first-order valence-electron chi connectivity index (χ1n) is 11.0. The number of nitrogens with two attached hydrogens (primary N) is 2. The molecule has 1 aliphatic carbocycles. The van der Waals surface area contributed by atoms with Crippen LogP contribution in [0.3, 0.4) is 0 Å². The summed E-state index contributed by atoms with van der Waals surface area (Å²) in [5.74, 6) is 0.504. The molecule has 2 atom stereocenters. The van der Waals surface area contributed by atoms with Crippen molar-refractivity contribution in [3.63, 3.8) is 0 Å². The second kappa shape index (κ2) is 7.83. The molecule has 11 heteroatoms. The fourth-order valence-electron chi connectivity index (χ4n) is 5.34. The third-order valence-electron chi connectivity index (χ3n) is 6.97. The smallest absolute Gasteiger partial charge is 0.258 e. The molecule has 34 heavy (non-hydrogen) atoms. The van der Waals surface area contributed by atoms with Crippen LogP contribution in [0.4, 0.5) is 21.8 Å². The number of fused-ring (bicyclic) bond motifs is 2. The number of carbonyl (C=O) groups is 1. The molecule has 2 aromatic heterocycles. The van der Waals surface area contributed by atoms with Gasteiger partial charge in [-0.3, -0.25) is 4.79 Å². The molecule has 1 amide bonds. The van der Waals surface area contributed by atoms with Crippen molar-refractivity contribution in [3.05, 3.63) is 46.1 Å². The van der Waals surface area contributed by atoms with Crippen molar-refractivity contribution in [2.24, 2.45) is 0 Å². The van der Waals surface area contributed by atoms with Gasteiger partial charge in [0.1, 0.15) is 17.5 Å². The highest BCUT2D eigenvalue weighted by atomic mass is 35.5. The van der Waals surface area contributed by atoms with E-state index in [-0.39, 0.29) is 34.2 Å². The van der Waals surface area contributed by atoms with Crippen LogP contribution in [0.2, 0.25) is 5.02 Å². The van der Waals surface area contributed by atoms with Crippen LogP contribution in [0.25, 0.3) is 11.1 Å². The minimum atomic E-state index is -0.708. The number of benzene rings is 1. The number of aromatic nitrogens is 4. The summed E-state index contributed by atoms with van der Waals surface area (Å²) >= 11 is 6.97. The van der Waals surface area contributed by atoms with Gasteiger partial charge < -0.3 is 21.7 Å². The van der Waals surface area contributed by atoms with Crippen molar-refractivity contribution in [1.29, 1.82) is 0 Å². The average molecular weight is 485 g/mol. The Morgan fingerprint density at radius 3 is 2.76 bits per heavy atom. The van der Waals surface area contributed by atoms with Gasteiger partial charge in [-0.1, -0.05) is 11.6 Å². The molecule has 5 N–H and O–H groups in total. The third-order valence-corrected chi connectivity index (χ3v) is 7.36. The van der Waals surface area contributed by atoms with Gasteiger partial charge in [0.2, 0.25) is 5.95 Å². The fourth-order valence-corrected chi connectivity index (χ4v) is 5.78. The number of anilines is 3. The van der Waals surface area contributed by atoms with Crippen LogP contribution in [0, 0.1) is 12.7 Å². The topological polar surface area (TPSA) is 128 Å². The van der Waals surface area contributed by atoms with E-state index in [1.165, 1.54) is 11.0 Å². The van der Waals surface area contributed by atoms with Crippen LogP contribution in [0.1, 0.15) is 47.1 Å². The molecule has 1 fully saturated rings. The Balaban J connectivity index is 1.58. The van der Waals surface area contributed by atoms with Gasteiger partial charge in [-0.25, -0.2) is 14.1 Å². The van der Waals surface area contributed by atoms with Crippen molar-refractivity contribution >= 4 is 35.0 Å². The van der Waals surface area contributed by atoms with Gasteiger partial charge in [0.15, 0.2) is 0 Å². The summed E-state index contributed by atoms with van der Waals surface area (Å²) in [4.78, 5) is 22.7. The minimum Gasteiger partial charge on any atom is -0.398 e. The quantitative estimate of drug-likeness (QED) is 0.486. The Morgan fingerprint density at radius 1 is 1.32 bits per heavy atom. The van der Waals surface area contributed by atoms with Gasteiger partial charge in [0.05, 0.1) is 16.6 Å². The summed E-state index contributed by atoms with van der Waals surface area (Å²) in [6, 6.07) is 3.19. The predicted molar refractivity (Wildman–Crippen MR) is 129 cm³/mol. The summed E-state index contributed by atoms with van der Waals surface area (Å²) in [6.45, 7) is 2.56. The molecule has 3 heterocycles. The highest BCUT2D eigenvalue weighted by Crippen LogP contribution is 2.54. The zero-order chi connectivity index (χ0) is 24.4. The molecule has 0 radical (unpaired) electrons. The maximum Gasteiger partial charge on any atom is 0.258 e. The summed E-state index contributed by atoms with van der Waals surface area (Å²) in [6.07, 6.45) is 4.05. The SMILES string of the molecule is Cc1nc(N)nn1C1CCC2(CNc3ncc(-c4ccc(N)c(C(=O)N(C)C)c4F)c(Cl)c32)C1. The Bertz CT molecular complexity index is 1320. The number of aryl methyl sites for hydroxylation is 1. The number of nitrogen functional groups attached to an aromatic ring is 2. The van der Waals surface area contributed by atoms with Crippen LogP contribution >= 0.6 is 11.6 Å². The number of rotatable bonds is 3. The van der Waals surface area contributed by atoms with E-state index in [9.17, 15) is 4.79 Å². The lowest BCUT2D eigenvalue weighted by Crippen LogP contribution is -2.26. The first-order chi connectivity index (χ1) is 16.1. The largest absolute Gasteiger partial charge is 0.398 e. The molecular weight excluding hydrogens is 459 g/mol. The Morgan fingerprint density at radius 2 is 2.09 bits per heavy atom. The van der Waals surface area contributed by atoms with E-state index < -0.39 is 11.7 Å². The molecule has 1 saturated carbocycles. The molecule has 3 aromatic rings. The Hall–Kier alpha value is -3.40. The van der Waals surface area contributed by atoms with Crippen LogP contribution in [-0.2, 0) is 5.41 Å². The molecule has 2 unspecified atom stereocenters. The van der Waals surface area contributed by atoms with Crippen LogP contribution in [0.15, 0.2) is 18.3 Å². The maximum atomic E-state index is 15.6. The summed E-state index contributed by atoms with van der Waals surface area (Å²) in [5, 5.41) is 8.17. The second-order valence-electron chi connectivity index (χ2n) is 9.29. The van der Waals surface area contributed by atoms with Gasteiger partial charge in [0.25, 0.3) is 5.91 Å². The maximum absolute atomic E-state index is 15.6. The molecule has 9 nitrogen and oxygen atoms in total. The van der Waals surface area contributed by atoms with Gasteiger partial charge in [-0.15, -0.1) is 5.10 Å². The monoisotopic (exact) mass is 484 g/mol. The normalized spacial score (nSPS) is 21.0. The summed E-state index contributed by atoms with van der Waals surface area (Å²) in [7, 11) is 3.10. The average Bonchev–Trinajstić information content (AvgIpc) is 3.47. The lowest BCUT2D eigenvalue weighted by Gasteiger charge is -2.25. The van der Waals surface area contributed by atoms with Crippen molar-refractivity contribution in [3.8, 4) is 11.1 Å². The number of halogens is 2. The molecule has 0 bridgehead atoms. The standard InChI is InChI=1S/C23H26ClFN8O/c1-11-30-22(27)31-33(11)12-6-7-23(8-12)10-29-20-17(23)18(24)14(9-28-20)13-4-5-15(26)16(19(13)25)21(34)32(2)3/h4-5,9,12H,6-8,10,26H2,1-3H3,(H2,27,31)(H,28,29). The number of hydrogen-bond acceptors (Lipinski definition) is 7. The molecule has 2 aliphatic rings. The molecule has 5 rings (SSSR count). The highest BCUT2D eigenvalue weighted by molar-refractivity contribution is 6.34. The first kappa shape index (κ1) is 22.4. The Kier molecular flexibility index (Phi) is 5.16. The predicted octanol–water partition coefficient (Wildman–Crippen LogP) is 3.40. The lowest BCUT2D eigenvalue weighted by atomic mass is 9.80. The molecule has 1 aliphatic heterocycles. The van der Waals surface area contributed by atoms with E-state index >= 15 is 4.39 Å². The summed E-state index contributed by atoms with van der Waals surface area (Å²) < 4.78 is 17.5. The number of hydrogen-bond donors (Lipinski definition) is 3. The van der Waals surface area contributed by atoms with Crippen LogP contribution in [-0.4, -0.2) is 51.2 Å². The van der Waals surface area contributed by atoms with E-state index in [4.69, 9.17) is 23.1 Å². The summed E-state index contributed by atoms with van der Waals surface area (Å²) in [5.41, 5.74) is 12.9. The molecule has 0 saturated heterocycles. The number of nitrogens with one attached hydrogen (secondary N) is 1. The van der Waals surface area contributed by atoms with E-state index in [2.05, 4.69) is 20.4 Å². The fraction of sp³-hybridized carbons (Fsp3) is 0.391. The molecule has 1 aromatic carbocycles. The molecule has 178 valence electrons. The van der Waals surface area contributed by atoms with Crippen molar-refractivity contribution in [2.75, 3.05) is 37.4 Å². The third kappa shape index (κ3) is 3.27. The van der Waals surface area contributed by atoms with E-state index in [1.807, 2.05) is 11.6 Å². The molecular formula is C23H26ClFN8O. The first-order valence-corrected chi connectivity index (χ1v) is 11.4. The minimum absolute atomic E-state index is 0.0736. The van der Waals surface area contributed by atoms with E-state index in [0.717, 1.165) is 30.7 Å². The van der Waals surface area contributed by atoms with Gasteiger partial charge in [0, 0.05) is 54.6 Å².